The zero-order valence-corrected chi connectivity index (χ0v) is 6.89. The lowest BCUT2D eigenvalue weighted by Crippen LogP contribution is -1.94. The van der Waals surface area contributed by atoms with Crippen LogP contribution in [0.5, 0.6) is 0 Å². The molecule has 0 atom stereocenters. The summed E-state index contributed by atoms with van der Waals surface area (Å²) >= 11 is 0. The van der Waals surface area contributed by atoms with Crippen molar-refractivity contribution in [2.75, 3.05) is 0 Å². The van der Waals surface area contributed by atoms with Crippen molar-refractivity contribution >= 4 is 17.4 Å². The van der Waals surface area contributed by atoms with Gasteiger partial charge < -0.3 is 0 Å². The lowest BCUT2D eigenvalue weighted by atomic mass is 10.5. The van der Waals surface area contributed by atoms with Crippen LogP contribution in [-0.2, 0) is 0 Å². The Kier molecular flexibility index (Phi) is 3.54. The second kappa shape index (κ2) is 3.93. The highest BCUT2D eigenvalue weighted by Gasteiger charge is 1.85. The largest absolute Gasteiger partial charge is 0.287 e. The average molecular weight is 139 g/mol. The lowest BCUT2D eigenvalue weighted by molar-refractivity contribution is 1.38. The molecular formula is C7H13N3. The van der Waals surface area contributed by atoms with Crippen molar-refractivity contribution in [2.24, 2.45) is 9.98 Å². The summed E-state index contributed by atoms with van der Waals surface area (Å²) in [6.45, 7) is 7.21. The summed E-state index contributed by atoms with van der Waals surface area (Å²) in [6.07, 6.45) is 0. The van der Waals surface area contributed by atoms with Gasteiger partial charge in [-0.25, -0.2) is 9.98 Å². The highest BCUT2D eigenvalue weighted by atomic mass is 14.9. The summed E-state index contributed by atoms with van der Waals surface area (Å²) in [6, 6.07) is 0. The van der Waals surface area contributed by atoms with Gasteiger partial charge in [-0.1, -0.05) is 0 Å². The number of aliphatic imine (C=N–C) groups is 2. The number of hydrogen-bond donors (Lipinski definition) is 1. The molecule has 0 rings (SSSR count). The number of nitrogens with one attached hydrogen (secondary N) is 1. The molecule has 0 aromatic rings. The quantitative estimate of drug-likeness (QED) is 0.393. The van der Waals surface area contributed by atoms with Gasteiger partial charge in [-0.05, 0) is 27.7 Å². The molecule has 0 amide bonds. The average Bonchev–Trinajstić information content (AvgIpc) is 1.58. The smallest absolute Gasteiger partial charge is 0.127 e. The normalized spacial score (nSPS) is 11.0. The minimum absolute atomic E-state index is 0.294. The molecule has 0 aromatic heterocycles. The van der Waals surface area contributed by atoms with E-state index in [1.807, 2.05) is 13.8 Å². The standard InChI is InChI=1S/C7H13N3/c1-5(2)9-7(4)10-6(3)8/h8H,1-4H3/b8-6?,10-7-. The van der Waals surface area contributed by atoms with Gasteiger partial charge in [0.2, 0.25) is 0 Å². The first-order valence-corrected chi connectivity index (χ1v) is 3.14. The molecule has 1 N–H and O–H groups in total. The Bertz CT molecular complexity index is 185. The Morgan fingerprint density at radius 3 is 1.80 bits per heavy atom. The maximum atomic E-state index is 7.01. The molecule has 0 aliphatic carbocycles. The maximum Gasteiger partial charge on any atom is 0.127 e. The van der Waals surface area contributed by atoms with Crippen LogP contribution in [0.2, 0.25) is 0 Å². The SMILES string of the molecule is CC(=N)/N=C(/C)N=C(C)C. The molecule has 0 aromatic carbocycles. The zero-order valence-electron chi connectivity index (χ0n) is 6.89. The predicted molar refractivity (Wildman–Crippen MR) is 45.3 cm³/mol. The summed E-state index contributed by atoms with van der Waals surface area (Å²) in [4.78, 5) is 7.87. The molecule has 0 bridgehead atoms. The molecule has 0 spiro atoms. The highest BCUT2D eigenvalue weighted by Crippen LogP contribution is 1.83. The molecule has 0 saturated heterocycles. The topological polar surface area (TPSA) is 48.6 Å². The Balaban J connectivity index is 4.22. The molecule has 0 aliphatic rings. The van der Waals surface area contributed by atoms with E-state index in [4.69, 9.17) is 5.41 Å². The van der Waals surface area contributed by atoms with Crippen molar-refractivity contribution in [3.05, 3.63) is 0 Å². The second-order valence-corrected chi connectivity index (χ2v) is 2.30. The van der Waals surface area contributed by atoms with Gasteiger partial charge in [0.1, 0.15) is 11.7 Å². The summed E-state index contributed by atoms with van der Waals surface area (Å²) in [7, 11) is 0. The number of hydrogen-bond acceptors (Lipinski definition) is 1. The molecule has 0 unspecified atom stereocenters. The van der Waals surface area contributed by atoms with Crippen molar-refractivity contribution in [2.45, 2.75) is 27.7 Å². The molecule has 0 heterocycles. The molecule has 10 heavy (non-hydrogen) atoms. The maximum absolute atomic E-state index is 7.01. The monoisotopic (exact) mass is 139 g/mol. The highest BCUT2D eigenvalue weighted by molar-refractivity contribution is 6.00. The lowest BCUT2D eigenvalue weighted by Gasteiger charge is -1.91. The molecule has 0 radical (unpaired) electrons. The van der Waals surface area contributed by atoms with Crippen molar-refractivity contribution in [3.63, 3.8) is 0 Å². The Morgan fingerprint density at radius 1 is 1.00 bits per heavy atom. The van der Waals surface area contributed by atoms with E-state index in [0.29, 0.717) is 11.7 Å². The van der Waals surface area contributed by atoms with Crippen LogP contribution in [-0.4, -0.2) is 17.4 Å². The van der Waals surface area contributed by atoms with Gasteiger partial charge in [0, 0.05) is 5.71 Å². The van der Waals surface area contributed by atoms with Crippen LogP contribution in [0.4, 0.5) is 0 Å². The zero-order chi connectivity index (χ0) is 8.15. The van der Waals surface area contributed by atoms with Crippen LogP contribution in [0.3, 0.4) is 0 Å². The van der Waals surface area contributed by atoms with Crippen molar-refractivity contribution in [1.82, 2.24) is 0 Å². The first-order chi connectivity index (χ1) is 4.52. The number of amidine groups is 2. The van der Waals surface area contributed by atoms with E-state index in [1.54, 1.807) is 13.8 Å². The summed E-state index contributed by atoms with van der Waals surface area (Å²) in [5.41, 5.74) is 0.961. The fourth-order valence-electron chi connectivity index (χ4n) is 0.591. The van der Waals surface area contributed by atoms with Gasteiger partial charge in [-0.2, -0.15) is 0 Å². The minimum atomic E-state index is 0.294. The van der Waals surface area contributed by atoms with Gasteiger partial charge in [0.25, 0.3) is 0 Å². The van der Waals surface area contributed by atoms with Gasteiger partial charge in [0.05, 0.1) is 0 Å². The van der Waals surface area contributed by atoms with Gasteiger partial charge in [-0.15, -0.1) is 0 Å². The van der Waals surface area contributed by atoms with Crippen LogP contribution in [0, 0.1) is 5.41 Å². The van der Waals surface area contributed by atoms with E-state index in [0.717, 1.165) is 5.71 Å². The second-order valence-electron chi connectivity index (χ2n) is 2.30. The van der Waals surface area contributed by atoms with Gasteiger partial charge in [0.15, 0.2) is 0 Å². The fraction of sp³-hybridized carbons (Fsp3) is 0.571. The molecule has 0 fully saturated rings. The molecular weight excluding hydrogens is 126 g/mol. The molecule has 3 heteroatoms. The Labute approximate surface area is 61.4 Å². The fourth-order valence-corrected chi connectivity index (χ4v) is 0.591. The molecule has 0 saturated carbocycles. The Hall–Kier alpha value is -0.990. The molecule has 0 aliphatic heterocycles. The third-order valence-electron chi connectivity index (χ3n) is 0.715. The third kappa shape index (κ3) is 5.15. The summed E-state index contributed by atoms with van der Waals surface area (Å²) < 4.78 is 0. The number of rotatable bonds is 0. The van der Waals surface area contributed by atoms with Crippen LogP contribution in [0.15, 0.2) is 9.98 Å². The van der Waals surface area contributed by atoms with Crippen molar-refractivity contribution < 1.29 is 0 Å². The van der Waals surface area contributed by atoms with E-state index in [9.17, 15) is 0 Å². The first kappa shape index (κ1) is 9.01. The van der Waals surface area contributed by atoms with Gasteiger partial charge in [-0.3, -0.25) is 5.41 Å². The third-order valence-corrected chi connectivity index (χ3v) is 0.715. The predicted octanol–water partition coefficient (Wildman–Crippen LogP) is 1.88. The molecule has 3 nitrogen and oxygen atoms in total. The summed E-state index contributed by atoms with van der Waals surface area (Å²) in [5, 5.41) is 7.01. The summed E-state index contributed by atoms with van der Waals surface area (Å²) in [5.74, 6) is 0.940. The van der Waals surface area contributed by atoms with E-state index in [2.05, 4.69) is 9.98 Å². The van der Waals surface area contributed by atoms with E-state index < -0.39 is 0 Å². The van der Waals surface area contributed by atoms with Crippen LogP contribution in [0.25, 0.3) is 0 Å². The van der Waals surface area contributed by atoms with Gasteiger partial charge >= 0.3 is 0 Å². The Morgan fingerprint density at radius 2 is 1.50 bits per heavy atom. The van der Waals surface area contributed by atoms with Crippen LogP contribution >= 0.6 is 0 Å². The van der Waals surface area contributed by atoms with Crippen molar-refractivity contribution in [3.8, 4) is 0 Å². The first-order valence-electron chi connectivity index (χ1n) is 3.14. The van der Waals surface area contributed by atoms with E-state index in [1.165, 1.54) is 0 Å². The minimum Gasteiger partial charge on any atom is -0.287 e. The van der Waals surface area contributed by atoms with E-state index in [-0.39, 0.29) is 0 Å². The van der Waals surface area contributed by atoms with Crippen molar-refractivity contribution in [1.29, 1.82) is 5.41 Å². The number of nitrogens with zero attached hydrogens (tertiary/aromatic N) is 2. The molecule has 56 valence electrons. The van der Waals surface area contributed by atoms with E-state index >= 15 is 0 Å². The van der Waals surface area contributed by atoms with Crippen LogP contribution < -0.4 is 0 Å². The van der Waals surface area contributed by atoms with Crippen LogP contribution in [0.1, 0.15) is 27.7 Å².